The average molecular weight is 213 g/mol. The Balaban J connectivity index is 0.000000921. The minimum atomic E-state index is 0.529. The Morgan fingerprint density at radius 2 is 1.47 bits per heavy atom. The molecule has 1 saturated heterocycles. The van der Waals surface area contributed by atoms with Crippen molar-refractivity contribution in [3.63, 3.8) is 0 Å². The highest BCUT2D eigenvalue weighted by Crippen LogP contribution is 2.40. The number of hydrogen-bond acceptors (Lipinski definition) is 1. The predicted molar refractivity (Wildman–Crippen MR) is 70.2 cm³/mol. The molecule has 1 rings (SSSR count). The largest absolute Gasteiger partial charge is 0.306 e. The van der Waals surface area contributed by atoms with Gasteiger partial charge in [-0.3, -0.25) is 0 Å². The van der Waals surface area contributed by atoms with Crippen LogP contribution in [0.25, 0.3) is 0 Å². The summed E-state index contributed by atoms with van der Waals surface area (Å²) in [5, 5.41) is 0. The van der Waals surface area contributed by atoms with Crippen molar-refractivity contribution in [3.05, 3.63) is 0 Å². The van der Waals surface area contributed by atoms with E-state index in [0.29, 0.717) is 5.41 Å². The molecule has 0 spiro atoms. The molecule has 0 aromatic carbocycles. The molecule has 0 aromatic rings. The van der Waals surface area contributed by atoms with Crippen LogP contribution < -0.4 is 0 Å². The summed E-state index contributed by atoms with van der Waals surface area (Å²) in [4.78, 5) is 2.45. The molecule has 0 bridgehead atoms. The Kier molecular flexibility index (Phi) is 6.51. The van der Waals surface area contributed by atoms with E-state index in [4.69, 9.17) is 0 Å². The topological polar surface area (TPSA) is 3.24 Å². The number of nitrogens with zero attached hydrogens (tertiary/aromatic N) is 1. The van der Waals surface area contributed by atoms with Gasteiger partial charge in [0.15, 0.2) is 0 Å². The summed E-state index contributed by atoms with van der Waals surface area (Å²) < 4.78 is 0. The lowest BCUT2D eigenvalue weighted by atomic mass is 9.67. The van der Waals surface area contributed by atoms with E-state index in [0.717, 1.165) is 11.8 Å². The van der Waals surface area contributed by atoms with Crippen LogP contribution in [0.3, 0.4) is 0 Å². The van der Waals surface area contributed by atoms with Crippen molar-refractivity contribution in [2.45, 2.75) is 54.4 Å². The Hall–Kier alpha value is -0.0400. The van der Waals surface area contributed by atoms with Gasteiger partial charge in [-0.05, 0) is 50.2 Å². The van der Waals surface area contributed by atoms with Crippen molar-refractivity contribution < 1.29 is 0 Å². The van der Waals surface area contributed by atoms with Gasteiger partial charge in [0.1, 0.15) is 0 Å². The first-order valence-corrected chi connectivity index (χ1v) is 6.63. The highest BCUT2D eigenvalue weighted by molar-refractivity contribution is 4.84. The number of rotatable bonds is 2. The van der Waals surface area contributed by atoms with Gasteiger partial charge < -0.3 is 4.90 Å². The van der Waals surface area contributed by atoms with Crippen molar-refractivity contribution in [3.8, 4) is 0 Å². The average Bonchev–Trinajstić information content (AvgIpc) is 2.21. The van der Waals surface area contributed by atoms with Crippen molar-refractivity contribution in [2.24, 2.45) is 17.3 Å². The minimum Gasteiger partial charge on any atom is -0.306 e. The van der Waals surface area contributed by atoms with Crippen LogP contribution in [0.5, 0.6) is 0 Å². The zero-order valence-corrected chi connectivity index (χ0v) is 11.9. The Labute approximate surface area is 97.2 Å². The number of likely N-dealkylation sites (tertiary alicyclic amines) is 1. The summed E-state index contributed by atoms with van der Waals surface area (Å²) in [6.07, 6.45) is 2.78. The highest BCUT2D eigenvalue weighted by atomic mass is 15.1. The maximum atomic E-state index is 2.45. The molecule has 0 radical (unpaired) electrons. The molecule has 1 heterocycles. The smallest absolute Gasteiger partial charge is 0.00189 e. The molecule has 1 aliphatic rings. The lowest BCUT2D eigenvalue weighted by Crippen LogP contribution is -2.39. The molecule has 0 amide bonds. The first-order valence-electron chi connectivity index (χ1n) is 6.63. The maximum Gasteiger partial charge on any atom is -0.00189 e. The third-order valence-corrected chi connectivity index (χ3v) is 4.26. The maximum absolute atomic E-state index is 2.45. The molecule has 0 aliphatic carbocycles. The van der Waals surface area contributed by atoms with Gasteiger partial charge in [-0.1, -0.05) is 41.5 Å². The van der Waals surface area contributed by atoms with Gasteiger partial charge in [-0.25, -0.2) is 0 Å². The summed E-state index contributed by atoms with van der Waals surface area (Å²) >= 11 is 0. The molecule has 1 fully saturated rings. The van der Waals surface area contributed by atoms with Crippen molar-refractivity contribution >= 4 is 0 Å². The van der Waals surface area contributed by atoms with E-state index in [1.54, 1.807) is 0 Å². The normalized spacial score (nSPS) is 20.0. The standard InChI is InChI=1S/C12H25N.C2H6/c1-10(2)12(3,4)11-6-8-13(5)9-7-11;1-2/h10-11H,6-9H2,1-5H3;1-2H3. The molecule has 0 N–H and O–H groups in total. The SMILES string of the molecule is CC.CC(C)C(C)(C)C1CCN(C)CC1. The van der Waals surface area contributed by atoms with Crippen LogP contribution in [0, 0.1) is 17.3 Å². The van der Waals surface area contributed by atoms with Crippen LogP contribution in [0.2, 0.25) is 0 Å². The Bertz CT molecular complexity index is 153. The molecule has 15 heavy (non-hydrogen) atoms. The molecular formula is C14H31N. The minimum absolute atomic E-state index is 0.529. The monoisotopic (exact) mass is 213 g/mol. The van der Waals surface area contributed by atoms with Gasteiger partial charge >= 0.3 is 0 Å². The second-order valence-corrected chi connectivity index (χ2v) is 5.55. The lowest BCUT2D eigenvalue weighted by molar-refractivity contribution is 0.0747. The quantitative estimate of drug-likeness (QED) is 0.669. The Morgan fingerprint density at radius 3 is 1.80 bits per heavy atom. The van der Waals surface area contributed by atoms with Crippen molar-refractivity contribution in [2.75, 3.05) is 20.1 Å². The second-order valence-electron chi connectivity index (χ2n) is 5.55. The summed E-state index contributed by atoms with van der Waals surface area (Å²) in [7, 11) is 2.23. The van der Waals surface area contributed by atoms with Gasteiger partial charge in [-0.2, -0.15) is 0 Å². The van der Waals surface area contributed by atoms with Crippen LogP contribution in [0.1, 0.15) is 54.4 Å². The second kappa shape index (κ2) is 6.52. The fourth-order valence-corrected chi connectivity index (χ4v) is 2.22. The van der Waals surface area contributed by atoms with Crippen molar-refractivity contribution in [1.29, 1.82) is 0 Å². The third-order valence-electron chi connectivity index (χ3n) is 4.26. The zero-order valence-electron chi connectivity index (χ0n) is 11.9. The van der Waals surface area contributed by atoms with E-state index in [9.17, 15) is 0 Å². The fourth-order valence-electron chi connectivity index (χ4n) is 2.22. The van der Waals surface area contributed by atoms with Crippen molar-refractivity contribution in [1.82, 2.24) is 4.90 Å². The molecule has 92 valence electrons. The molecule has 1 aliphatic heterocycles. The van der Waals surface area contributed by atoms with Gasteiger partial charge in [0, 0.05) is 0 Å². The van der Waals surface area contributed by atoms with Gasteiger partial charge in [0.2, 0.25) is 0 Å². The van der Waals surface area contributed by atoms with Gasteiger partial charge in [0.25, 0.3) is 0 Å². The van der Waals surface area contributed by atoms with Gasteiger partial charge in [0.05, 0.1) is 0 Å². The predicted octanol–water partition coefficient (Wildman–Crippen LogP) is 4.04. The number of piperidine rings is 1. The van der Waals surface area contributed by atoms with E-state index in [2.05, 4.69) is 39.6 Å². The lowest BCUT2D eigenvalue weighted by Gasteiger charge is -2.42. The zero-order chi connectivity index (χ0) is 12.1. The van der Waals surface area contributed by atoms with Crippen LogP contribution in [-0.2, 0) is 0 Å². The van der Waals surface area contributed by atoms with E-state index < -0.39 is 0 Å². The first-order chi connectivity index (χ1) is 6.94. The third kappa shape index (κ3) is 4.14. The molecule has 1 heteroatoms. The molecule has 1 nitrogen and oxygen atoms in total. The summed E-state index contributed by atoms with van der Waals surface area (Å²) in [5.41, 5.74) is 0.529. The Morgan fingerprint density at radius 1 is 1.07 bits per heavy atom. The molecule has 0 unspecified atom stereocenters. The molecule has 0 aromatic heterocycles. The van der Waals surface area contributed by atoms with Crippen LogP contribution in [-0.4, -0.2) is 25.0 Å². The first kappa shape index (κ1) is 15.0. The highest BCUT2D eigenvalue weighted by Gasteiger charge is 2.33. The molecule has 0 atom stereocenters. The van der Waals surface area contributed by atoms with E-state index in [-0.39, 0.29) is 0 Å². The summed E-state index contributed by atoms with van der Waals surface area (Å²) in [5.74, 6) is 1.74. The van der Waals surface area contributed by atoms with Crippen LogP contribution >= 0.6 is 0 Å². The summed E-state index contributed by atoms with van der Waals surface area (Å²) in [6.45, 7) is 16.2. The van der Waals surface area contributed by atoms with E-state index in [1.165, 1.54) is 25.9 Å². The number of hydrogen-bond donors (Lipinski definition) is 0. The molecule has 0 saturated carbocycles. The van der Waals surface area contributed by atoms with Gasteiger partial charge in [-0.15, -0.1) is 0 Å². The summed E-state index contributed by atoms with van der Waals surface area (Å²) in [6, 6.07) is 0. The van der Waals surface area contributed by atoms with E-state index >= 15 is 0 Å². The fraction of sp³-hybridized carbons (Fsp3) is 1.00. The van der Waals surface area contributed by atoms with Crippen LogP contribution in [0.4, 0.5) is 0 Å². The van der Waals surface area contributed by atoms with E-state index in [1.807, 2.05) is 13.8 Å². The van der Waals surface area contributed by atoms with Crippen LogP contribution in [0.15, 0.2) is 0 Å². The molecular weight excluding hydrogens is 182 g/mol.